The molecule has 6 aromatic carbocycles. The van der Waals surface area contributed by atoms with Crippen molar-refractivity contribution in [2.75, 3.05) is 4.90 Å². The van der Waals surface area contributed by atoms with Gasteiger partial charge in [0.25, 0.3) is 0 Å². The Hall–Kier alpha value is -5.54. The Morgan fingerprint density at radius 3 is 1.88 bits per heavy atom. The van der Waals surface area contributed by atoms with Crippen molar-refractivity contribution in [3.63, 3.8) is 0 Å². The second-order valence-electron chi connectivity index (χ2n) is 11.2. The lowest BCUT2D eigenvalue weighted by atomic mass is 9.99. The van der Waals surface area contributed by atoms with Gasteiger partial charge in [-0.15, -0.1) is 0 Å². The summed E-state index contributed by atoms with van der Waals surface area (Å²) < 4.78 is 0. The van der Waals surface area contributed by atoms with Crippen LogP contribution in [0.4, 0.5) is 17.1 Å². The Labute approximate surface area is 249 Å². The molecule has 0 radical (unpaired) electrons. The van der Waals surface area contributed by atoms with E-state index in [0.717, 1.165) is 39.8 Å². The van der Waals surface area contributed by atoms with Crippen LogP contribution in [-0.2, 0) is 9.59 Å². The third-order valence-electron chi connectivity index (χ3n) is 8.56. The molecule has 0 aromatic heterocycles. The van der Waals surface area contributed by atoms with Crippen LogP contribution in [0.25, 0.3) is 38.4 Å². The van der Waals surface area contributed by atoms with Gasteiger partial charge in [-0.05, 0) is 111 Å². The number of Topliss-reactive ketones (excluding diaryl/α,β-unsaturated/α-hetero) is 2. The highest BCUT2D eigenvalue weighted by molar-refractivity contribution is 6.40. The summed E-state index contributed by atoms with van der Waals surface area (Å²) in [5.74, 6) is -0.282. The molecule has 43 heavy (non-hydrogen) atoms. The highest BCUT2D eigenvalue weighted by Gasteiger charge is 2.34. The number of rotatable bonds is 4. The Balaban J connectivity index is 1.19. The molecule has 204 valence electrons. The van der Waals surface area contributed by atoms with Gasteiger partial charge in [0, 0.05) is 28.2 Å². The van der Waals surface area contributed by atoms with Gasteiger partial charge < -0.3 is 4.90 Å². The van der Waals surface area contributed by atoms with Crippen molar-refractivity contribution in [1.82, 2.24) is 0 Å². The summed E-state index contributed by atoms with van der Waals surface area (Å²) in [7, 11) is 0. The first-order chi connectivity index (χ1) is 21.1. The average molecular weight is 554 g/mol. The summed E-state index contributed by atoms with van der Waals surface area (Å²) in [4.78, 5) is 28.2. The van der Waals surface area contributed by atoms with Crippen LogP contribution in [0.5, 0.6) is 0 Å². The quantitative estimate of drug-likeness (QED) is 0.124. The molecule has 8 rings (SSSR count). The number of allylic oxidation sites excluding steroid dienone is 5. The molecule has 0 spiro atoms. The molecule has 0 atom stereocenters. The number of carbonyl (C=O) groups excluding carboxylic acids is 2. The van der Waals surface area contributed by atoms with E-state index in [4.69, 9.17) is 0 Å². The predicted octanol–water partition coefficient (Wildman–Crippen LogP) is 9.80. The molecule has 0 aliphatic heterocycles. The minimum atomic E-state index is -0.159. The predicted molar refractivity (Wildman–Crippen MR) is 177 cm³/mol. The molecule has 0 unspecified atom stereocenters. The van der Waals surface area contributed by atoms with Gasteiger partial charge >= 0.3 is 0 Å². The Morgan fingerprint density at radius 2 is 1.14 bits per heavy atom. The van der Waals surface area contributed by atoms with Crippen molar-refractivity contribution in [3.05, 3.63) is 156 Å². The maximum atomic E-state index is 13.0. The SMILES string of the molecule is O=C1C2=C(CCC=C2)C(=O)/C1=C\c1ccc2cc(N(c3ccccc3)c3ccc4cc5ccccc5cc4c3)ccc2c1. The fourth-order valence-electron chi connectivity index (χ4n) is 6.39. The molecule has 0 N–H and O–H groups in total. The van der Waals surface area contributed by atoms with E-state index in [0.29, 0.717) is 17.6 Å². The fourth-order valence-corrected chi connectivity index (χ4v) is 6.39. The lowest BCUT2D eigenvalue weighted by Gasteiger charge is -2.26. The van der Waals surface area contributed by atoms with Gasteiger partial charge in [-0.1, -0.05) is 78.9 Å². The number of fused-ring (bicyclic) bond motifs is 3. The summed E-state index contributed by atoms with van der Waals surface area (Å²) in [6.07, 6.45) is 6.97. The monoisotopic (exact) mass is 553 g/mol. The molecule has 0 amide bonds. The summed E-state index contributed by atoms with van der Waals surface area (Å²) in [6.45, 7) is 0. The number of carbonyl (C=O) groups is 2. The van der Waals surface area contributed by atoms with Gasteiger partial charge in [-0.3, -0.25) is 9.59 Å². The van der Waals surface area contributed by atoms with Crippen LogP contribution in [0.15, 0.2) is 150 Å². The first kappa shape index (κ1) is 25.2. The van der Waals surface area contributed by atoms with Crippen LogP contribution >= 0.6 is 0 Å². The number of benzene rings is 6. The van der Waals surface area contributed by atoms with E-state index in [1.54, 1.807) is 12.2 Å². The van der Waals surface area contributed by atoms with Gasteiger partial charge in [0.1, 0.15) is 0 Å². The van der Waals surface area contributed by atoms with E-state index in [1.165, 1.54) is 21.5 Å². The van der Waals surface area contributed by atoms with Crippen LogP contribution in [0.1, 0.15) is 18.4 Å². The number of anilines is 3. The normalized spacial score (nSPS) is 15.7. The lowest BCUT2D eigenvalue weighted by molar-refractivity contribution is -0.115. The number of hydrogen-bond donors (Lipinski definition) is 0. The number of ketones is 2. The van der Waals surface area contributed by atoms with Crippen LogP contribution < -0.4 is 4.90 Å². The van der Waals surface area contributed by atoms with E-state index in [1.807, 2.05) is 24.3 Å². The van der Waals surface area contributed by atoms with Crippen molar-refractivity contribution >= 4 is 67.0 Å². The number of hydrogen-bond acceptors (Lipinski definition) is 3. The van der Waals surface area contributed by atoms with Crippen LogP contribution in [0, 0.1) is 0 Å². The number of nitrogens with zero attached hydrogens (tertiary/aromatic N) is 1. The third kappa shape index (κ3) is 4.38. The van der Waals surface area contributed by atoms with Crippen molar-refractivity contribution in [2.45, 2.75) is 12.8 Å². The van der Waals surface area contributed by atoms with Crippen molar-refractivity contribution in [3.8, 4) is 0 Å². The maximum Gasteiger partial charge on any atom is 0.197 e. The molecule has 0 bridgehead atoms. The largest absolute Gasteiger partial charge is 0.310 e. The van der Waals surface area contributed by atoms with Gasteiger partial charge in [-0.25, -0.2) is 0 Å². The van der Waals surface area contributed by atoms with Gasteiger partial charge in [-0.2, -0.15) is 0 Å². The van der Waals surface area contributed by atoms with Crippen LogP contribution in [0.3, 0.4) is 0 Å². The molecule has 2 aliphatic rings. The first-order valence-electron chi connectivity index (χ1n) is 14.6. The van der Waals surface area contributed by atoms with E-state index in [9.17, 15) is 9.59 Å². The summed E-state index contributed by atoms with van der Waals surface area (Å²) in [5, 5.41) is 6.99. The average Bonchev–Trinajstić information content (AvgIpc) is 3.29. The van der Waals surface area contributed by atoms with Crippen molar-refractivity contribution < 1.29 is 9.59 Å². The minimum Gasteiger partial charge on any atom is -0.310 e. The first-order valence-corrected chi connectivity index (χ1v) is 14.6. The molecule has 0 saturated heterocycles. The highest BCUT2D eigenvalue weighted by atomic mass is 16.2. The fraction of sp³-hybridized carbons (Fsp3) is 0.0500. The Morgan fingerprint density at radius 1 is 0.535 bits per heavy atom. The zero-order chi connectivity index (χ0) is 28.9. The molecular weight excluding hydrogens is 526 g/mol. The highest BCUT2D eigenvalue weighted by Crippen LogP contribution is 2.38. The van der Waals surface area contributed by atoms with Gasteiger partial charge in [0.2, 0.25) is 0 Å². The number of para-hydroxylation sites is 1. The lowest BCUT2D eigenvalue weighted by Crippen LogP contribution is -2.09. The smallest absolute Gasteiger partial charge is 0.197 e. The molecule has 0 fully saturated rings. The minimum absolute atomic E-state index is 0.123. The van der Waals surface area contributed by atoms with Crippen molar-refractivity contribution in [2.24, 2.45) is 0 Å². The molecule has 3 heteroatoms. The zero-order valence-electron chi connectivity index (χ0n) is 23.5. The zero-order valence-corrected chi connectivity index (χ0v) is 23.5. The molecule has 0 saturated carbocycles. The maximum absolute atomic E-state index is 13.0. The van der Waals surface area contributed by atoms with Crippen molar-refractivity contribution in [1.29, 1.82) is 0 Å². The standard InChI is InChI=1S/C40H27NO2/c42-39-36-12-6-7-13-37(36)40(43)38(39)21-26-14-15-31-24-34(18-16-29(31)20-26)41(33-10-2-1-3-11-33)35-19-17-30-22-27-8-4-5-9-28(27)23-32(30)25-35/h1-6,8-12,14-25H,7,13H2/b38-21-. The van der Waals surface area contributed by atoms with E-state index < -0.39 is 0 Å². The molecule has 6 aromatic rings. The molecule has 2 aliphatic carbocycles. The van der Waals surface area contributed by atoms with Crippen LogP contribution in [-0.4, -0.2) is 11.6 Å². The molecule has 3 nitrogen and oxygen atoms in total. The van der Waals surface area contributed by atoms with E-state index in [-0.39, 0.29) is 17.1 Å². The summed E-state index contributed by atoms with van der Waals surface area (Å²) in [5.41, 5.74) is 5.55. The van der Waals surface area contributed by atoms with E-state index >= 15 is 0 Å². The van der Waals surface area contributed by atoms with Crippen LogP contribution in [0.2, 0.25) is 0 Å². The molecular formula is C40H27NO2. The molecule has 0 heterocycles. The summed E-state index contributed by atoms with van der Waals surface area (Å²) in [6, 6.07) is 42.6. The summed E-state index contributed by atoms with van der Waals surface area (Å²) >= 11 is 0. The Kier molecular flexibility index (Phi) is 5.90. The van der Waals surface area contributed by atoms with E-state index in [2.05, 4.69) is 108 Å². The second kappa shape index (κ2) is 10.1. The topological polar surface area (TPSA) is 37.4 Å². The van der Waals surface area contributed by atoms with Gasteiger partial charge in [0.15, 0.2) is 11.6 Å². The Bertz CT molecular complexity index is 2220. The van der Waals surface area contributed by atoms with Gasteiger partial charge in [0.05, 0.1) is 5.57 Å². The second-order valence-corrected chi connectivity index (χ2v) is 11.2. The third-order valence-corrected chi connectivity index (χ3v) is 8.56.